The van der Waals surface area contributed by atoms with Crippen molar-refractivity contribution in [1.82, 2.24) is 10.2 Å². The van der Waals surface area contributed by atoms with Crippen LogP contribution >= 0.6 is 0 Å². The van der Waals surface area contributed by atoms with E-state index >= 15 is 0 Å². The summed E-state index contributed by atoms with van der Waals surface area (Å²) in [5.41, 5.74) is 2.51. The molecule has 0 bridgehead atoms. The number of nitrogen functional groups attached to an aromatic ring is 1. The Morgan fingerprint density at radius 1 is 1.55 bits per heavy atom. The molecule has 0 spiro atoms. The van der Waals surface area contributed by atoms with Gasteiger partial charge in [-0.15, -0.1) is 0 Å². The lowest BCUT2D eigenvalue weighted by molar-refractivity contribution is 0.0948. The minimum absolute atomic E-state index is 0.0339. The number of rotatable bonds is 5. The summed E-state index contributed by atoms with van der Waals surface area (Å²) < 4.78 is 13.5. The van der Waals surface area contributed by atoms with Gasteiger partial charge in [0.2, 0.25) is 0 Å². The molecule has 1 aliphatic rings. The molecule has 1 amide bonds. The third kappa shape index (κ3) is 3.26. The maximum atomic E-state index is 13.5. The van der Waals surface area contributed by atoms with Gasteiger partial charge in [-0.1, -0.05) is 13.0 Å². The number of nitrogens with one attached hydrogen (secondary N) is 2. The number of likely N-dealkylation sites (tertiary alicyclic amines) is 1. The number of carbonyl (C=O) groups excluding carboxylic acids is 1. The highest BCUT2D eigenvalue weighted by molar-refractivity contribution is 5.99. The van der Waals surface area contributed by atoms with Crippen molar-refractivity contribution in [3.8, 4) is 0 Å². The second-order valence-electron chi connectivity index (χ2n) is 5.06. The van der Waals surface area contributed by atoms with E-state index in [0.717, 1.165) is 26.1 Å². The summed E-state index contributed by atoms with van der Waals surface area (Å²) in [5, 5.41) is 2.86. The minimum Gasteiger partial charge on any atom is -0.352 e. The van der Waals surface area contributed by atoms with Crippen LogP contribution in [0.1, 0.15) is 23.7 Å². The van der Waals surface area contributed by atoms with Crippen molar-refractivity contribution in [2.24, 2.45) is 11.8 Å². The first-order chi connectivity index (χ1) is 9.65. The van der Waals surface area contributed by atoms with E-state index in [-0.39, 0.29) is 17.2 Å². The number of hydrazine groups is 1. The molecule has 20 heavy (non-hydrogen) atoms. The van der Waals surface area contributed by atoms with Gasteiger partial charge in [-0.25, -0.2) is 4.39 Å². The summed E-state index contributed by atoms with van der Waals surface area (Å²) in [6.45, 7) is 5.85. The van der Waals surface area contributed by atoms with Crippen LogP contribution < -0.4 is 16.6 Å². The molecule has 0 aliphatic carbocycles. The molecule has 1 atom stereocenters. The van der Waals surface area contributed by atoms with Crippen molar-refractivity contribution >= 4 is 11.6 Å². The fourth-order valence-corrected chi connectivity index (χ4v) is 2.56. The Kier molecular flexibility index (Phi) is 4.92. The monoisotopic (exact) mass is 280 g/mol. The summed E-state index contributed by atoms with van der Waals surface area (Å²) in [4.78, 5) is 14.5. The minimum atomic E-state index is -0.529. The summed E-state index contributed by atoms with van der Waals surface area (Å²) in [5.74, 6) is 4.90. The molecule has 0 saturated carbocycles. The maximum absolute atomic E-state index is 13.5. The van der Waals surface area contributed by atoms with Crippen molar-refractivity contribution in [3.63, 3.8) is 0 Å². The van der Waals surface area contributed by atoms with E-state index in [1.165, 1.54) is 12.1 Å². The summed E-state index contributed by atoms with van der Waals surface area (Å²) in [6, 6.07) is 4.32. The van der Waals surface area contributed by atoms with Crippen LogP contribution in [0.25, 0.3) is 0 Å². The fraction of sp³-hybridized carbons (Fsp3) is 0.500. The first kappa shape index (κ1) is 14.7. The topological polar surface area (TPSA) is 70.4 Å². The van der Waals surface area contributed by atoms with E-state index in [0.29, 0.717) is 12.5 Å². The molecule has 1 aliphatic heterocycles. The van der Waals surface area contributed by atoms with Gasteiger partial charge in [-0.2, -0.15) is 0 Å². The average molecular weight is 280 g/mol. The van der Waals surface area contributed by atoms with E-state index in [1.807, 2.05) is 0 Å². The van der Waals surface area contributed by atoms with Crippen LogP contribution in [0.4, 0.5) is 10.1 Å². The Morgan fingerprint density at radius 3 is 3.00 bits per heavy atom. The molecule has 4 N–H and O–H groups in total. The lowest BCUT2D eigenvalue weighted by Crippen LogP contribution is -2.31. The second-order valence-corrected chi connectivity index (χ2v) is 5.06. The number of amides is 1. The standard InChI is InChI=1S/C14H21FN4O/c1-2-19-7-6-10(9-19)8-17-14(20)11-4-3-5-12(15)13(11)18-16/h3-5,10,18H,2,6-9,16H2,1H3,(H,17,20). The Bertz CT molecular complexity index is 480. The molecule has 1 fully saturated rings. The van der Waals surface area contributed by atoms with Crippen LogP contribution in [0.3, 0.4) is 0 Å². The number of nitrogens with two attached hydrogens (primary N) is 1. The fourth-order valence-electron chi connectivity index (χ4n) is 2.56. The zero-order valence-corrected chi connectivity index (χ0v) is 11.7. The van der Waals surface area contributed by atoms with Gasteiger partial charge in [0.15, 0.2) is 0 Å². The van der Waals surface area contributed by atoms with Crippen LogP contribution in [0, 0.1) is 11.7 Å². The number of hydrogen-bond acceptors (Lipinski definition) is 4. The largest absolute Gasteiger partial charge is 0.352 e. The van der Waals surface area contributed by atoms with Gasteiger partial charge in [0.25, 0.3) is 5.91 Å². The Hall–Kier alpha value is -1.66. The average Bonchev–Trinajstić information content (AvgIpc) is 2.92. The zero-order chi connectivity index (χ0) is 14.5. The smallest absolute Gasteiger partial charge is 0.253 e. The highest BCUT2D eigenvalue weighted by atomic mass is 19.1. The number of hydrogen-bond donors (Lipinski definition) is 3. The molecular formula is C14H21FN4O. The zero-order valence-electron chi connectivity index (χ0n) is 11.7. The summed E-state index contributed by atoms with van der Waals surface area (Å²) >= 11 is 0. The van der Waals surface area contributed by atoms with Crippen LogP contribution in [0.15, 0.2) is 18.2 Å². The van der Waals surface area contributed by atoms with Gasteiger partial charge in [0.05, 0.1) is 11.3 Å². The second kappa shape index (κ2) is 6.67. The first-order valence-electron chi connectivity index (χ1n) is 6.91. The van der Waals surface area contributed by atoms with Gasteiger partial charge < -0.3 is 15.6 Å². The third-order valence-electron chi connectivity index (χ3n) is 3.77. The lowest BCUT2D eigenvalue weighted by Gasteiger charge is -2.15. The number of nitrogens with zero attached hydrogens (tertiary/aromatic N) is 1. The van der Waals surface area contributed by atoms with Crippen LogP contribution in [0.5, 0.6) is 0 Å². The number of halogens is 1. The predicted molar refractivity (Wildman–Crippen MR) is 76.8 cm³/mol. The van der Waals surface area contributed by atoms with Crippen LogP contribution in [-0.4, -0.2) is 37.0 Å². The number of benzene rings is 1. The highest BCUT2D eigenvalue weighted by Crippen LogP contribution is 2.19. The van der Waals surface area contributed by atoms with E-state index in [4.69, 9.17) is 5.84 Å². The molecule has 1 saturated heterocycles. The van der Waals surface area contributed by atoms with Crippen LogP contribution in [0.2, 0.25) is 0 Å². The molecular weight excluding hydrogens is 259 g/mol. The molecule has 0 radical (unpaired) electrons. The van der Waals surface area contributed by atoms with E-state index in [9.17, 15) is 9.18 Å². The maximum Gasteiger partial charge on any atom is 0.253 e. The number of anilines is 1. The summed E-state index contributed by atoms with van der Waals surface area (Å²) in [7, 11) is 0. The van der Waals surface area contributed by atoms with Crippen molar-refractivity contribution in [1.29, 1.82) is 0 Å². The first-order valence-corrected chi connectivity index (χ1v) is 6.91. The normalized spacial score (nSPS) is 19.1. The lowest BCUT2D eigenvalue weighted by atomic mass is 10.1. The highest BCUT2D eigenvalue weighted by Gasteiger charge is 2.22. The summed E-state index contributed by atoms with van der Waals surface area (Å²) in [6.07, 6.45) is 1.08. The van der Waals surface area contributed by atoms with Gasteiger partial charge in [0, 0.05) is 13.1 Å². The van der Waals surface area contributed by atoms with Gasteiger partial charge in [-0.05, 0) is 37.6 Å². The number of para-hydroxylation sites is 1. The van der Waals surface area contributed by atoms with Gasteiger partial charge >= 0.3 is 0 Å². The van der Waals surface area contributed by atoms with Crippen molar-refractivity contribution < 1.29 is 9.18 Å². The molecule has 1 aromatic carbocycles. The van der Waals surface area contributed by atoms with E-state index in [2.05, 4.69) is 22.6 Å². The quantitative estimate of drug-likeness (QED) is 0.559. The Balaban J connectivity index is 1.94. The van der Waals surface area contributed by atoms with Gasteiger partial charge in [-0.3, -0.25) is 10.6 Å². The van der Waals surface area contributed by atoms with E-state index in [1.54, 1.807) is 6.07 Å². The Morgan fingerprint density at radius 2 is 2.35 bits per heavy atom. The molecule has 0 aromatic heterocycles. The molecule has 1 heterocycles. The van der Waals surface area contributed by atoms with E-state index < -0.39 is 5.82 Å². The SMILES string of the molecule is CCN1CCC(CNC(=O)c2cccc(F)c2NN)C1. The Labute approximate surface area is 118 Å². The van der Waals surface area contributed by atoms with Crippen molar-refractivity contribution in [3.05, 3.63) is 29.6 Å². The van der Waals surface area contributed by atoms with Crippen molar-refractivity contribution in [2.45, 2.75) is 13.3 Å². The molecule has 1 unspecified atom stereocenters. The predicted octanol–water partition coefficient (Wildman–Crippen LogP) is 1.18. The molecule has 6 heteroatoms. The van der Waals surface area contributed by atoms with Crippen molar-refractivity contribution in [2.75, 3.05) is 31.6 Å². The van der Waals surface area contributed by atoms with Gasteiger partial charge in [0.1, 0.15) is 5.82 Å². The van der Waals surface area contributed by atoms with Crippen LogP contribution in [-0.2, 0) is 0 Å². The third-order valence-corrected chi connectivity index (χ3v) is 3.77. The molecule has 2 rings (SSSR count). The molecule has 110 valence electrons. The molecule has 1 aromatic rings. The molecule has 5 nitrogen and oxygen atoms in total. The number of carbonyl (C=O) groups is 1.